The maximum Gasteiger partial charge on any atom is 0.113 e. The van der Waals surface area contributed by atoms with Gasteiger partial charge in [-0.3, -0.25) is 0 Å². The molecule has 1 aromatic heterocycles. The van der Waals surface area contributed by atoms with Crippen molar-refractivity contribution in [2.45, 2.75) is 38.5 Å². The van der Waals surface area contributed by atoms with Crippen LogP contribution in [0.1, 0.15) is 37.7 Å². The second-order valence-electron chi connectivity index (χ2n) is 4.55. The summed E-state index contributed by atoms with van der Waals surface area (Å²) in [7, 11) is 1.91. The summed E-state index contributed by atoms with van der Waals surface area (Å²) in [5.41, 5.74) is 1.22. The Bertz CT molecular complexity index is 338. The average Bonchev–Trinajstić information content (AvgIpc) is 2.48. The summed E-state index contributed by atoms with van der Waals surface area (Å²) in [4.78, 5) is 0. The summed E-state index contributed by atoms with van der Waals surface area (Å²) in [6.45, 7) is 0. The van der Waals surface area contributed by atoms with Crippen LogP contribution >= 0.6 is 23.2 Å². The molecule has 1 aliphatic rings. The van der Waals surface area contributed by atoms with Crippen LogP contribution in [-0.2, 0) is 13.5 Å². The second kappa shape index (κ2) is 4.80. The van der Waals surface area contributed by atoms with Crippen LogP contribution in [0.5, 0.6) is 0 Å². The molecule has 0 saturated heterocycles. The van der Waals surface area contributed by atoms with E-state index in [0.29, 0.717) is 0 Å². The highest BCUT2D eigenvalue weighted by atomic mass is 35.5. The zero-order chi connectivity index (χ0) is 10.8. The summed E-state index contributed by atoms with van der Waals surface area (Å²) in [6, 6.07) is 2.01. The summed E-state index contributed by atoms with van der Waals surface area (Å²) in [5, 5.41) is 1.55. The van der Waals surface area contributed by atoms with Crippen molar-refractivity contribution >= 4 is 23.2 Å². The minimum Gasteiger partial charge on any atom is -0.326 e. The summed E-state index contributed by atoms with van der Waals surface area (Å²) in [6.07, 6.45) is 7.95. The smallest absolute Gasteiger partial charge is 0.113 e. The van der Waals surface area contributed by atoms with Crippen LogP contribution < -0.4 is 0 Å². The summed E-state index contributed by atoms with van der Waals surface area (Å²) in [5.74, 6) is 0.815. The molecule has 15 heavy (non-hydrogen) atoms. The predicted octanol–water partition coefficient (Wildman–Crippen LogP) is 4.45. The molecule has 0 unspecified atom stereocenters. The lowest BCUT2D eigenvalue weighted by atomic mass is 9.85. The van der Waals surface area contributed by atoms with Gasteiger partial charge in [-0.25, -0.2) is 0 Å². The monoisotopic (exact) mass is 245 g/mol. The number of hydrogen-bond acceptors (Lipinski definition) is 0. The van der Waals surface area contributed by atoms with Crippen molar-refractivity contribution in [3.8, 4) is 0 Å². The number of nitrogens with zero attached hydrogens (tertiary/aromatic N) is 1. The van der Waals surface area contributed by atoms with Crippen LogP contribution in [0.15, 0.2) is 6.07 Å². The third-order valence-electron chi connectivity index (χ3n) is 3.41. The highest BCUT2D eigenvalue weighted by molar-refractivity contribution is 6.34. The third-order valence-corrected chi connectivity index (χ3v) is 4.27. The molecule has 1 nitrogen and oxygen atoms in total. The summed E-state index contributed by atoms with van der Waals surface area (Å²) >= 11 is 12.2. The number of aromatic nitrogens is 1. The first-order chi connectivity index (χ1) is 7.18. The third kappa shape index (κ3) is 2.51. The SMILES string of the molecule is Cn1c(Cl)cc(CC2CCCCC2)c1Cl. The van der Waals surface area contributed by atoms with Crippen LogP contribution in [0.3, 0.4) is 0 Å². The fourth-order valence-electron chi connectivity index (χ4n) is 2.45. The predicted molar refractivity (Wildman–Crippen MR) is 65.7 cm³/mol. The van der Waals surface area contributed by atoms with E-state index >= 15 is 0 Å². The Kier molecular flexibility index (Phi) is 3.63. The van der Waals surface area contributed by atoms with Gasteiger partial charge >= 0.3 is 0 Å². The molecule has 2 rings (SSSR count). The average molecular weight is 246 g/mol. The highest BCUT2D eigenvalue weighted by Crippen LogP contribution is 2.31. The minimum atomic E-state index is 0.741. The minimum absolute atomic E-state index is 0.741. The first-order valence-corrected chi connectivity index (χ1v) is 6.43. The molecule has 0 bridgehead atoms. The Hall–Kier alpha value is -0.140. The lowest BCUT2D eigenvalue weighted by molar-refractivity contribution is 0.356. The van der Waals surface area contributed by atoms with Gasteiger partial charge in [0.15, 0.2) is 0 Å². The van der Waals surface area contributed by atoms with E-state index in [2.05, 4.69) is 0 Å². The molecule has 1 fully saturated rings. The number of rotatable bonds is 2. The van der Waals surface area contributed by atoms with Gasteiger partial charge in [0.05, 0.1) is 0 Å². The molecule has 1 aromatic rings. The van der Waals surface area contributed by atoms with Crippen molar-refractivity contribution in [2.75, 3.05) is 0 Å². The second-order valence-corrected chi connectivity index (χ2v) is 5.30. The molecule has 0 aromatic carbocycles. The molecule has 1 aliphatic carbocycles. The van der Waals surface area contributed by atoms with E-state index in [1.54, 1.807) is 0 Å². The fraction of sp³-hybridized carbons (Fsp3) is 0.667. The van der Waals surface area contributed by atoms with E-state index in [1.165, 1.54) is 37.7 Å². The summed E-state index contributed by atoms with van der Waals surface area (Å²) < 4.78 is 1.85. The molecule has 0 spiro atoms. The normalized spacial score (nSPS) is 18.3. The highest BCUT2D eigenvalue weighted by Gasteiger charge is 2.17. The quantitative estimate of drug-likeness (QED) is 0.726. The zero-order valence-electron chi connectivity index (χ0n) is 9.10. The Morgan fingerprint density at radius 3 is 2.47 bits per heavy atom. The topological polar surface area (TPSA) is 4.93 Å². The number of halogens is 2. The lowest BCUT2D eigenvalue weighted by Crippen LogP contribution is -2.09. The van der Waals surface area contributed by atoms with E-state index in [9.17, 15) is 0 Å². The van der Waals surface area contributed by atoms with Crippen molar-refractivity contribution in [3.63, 3.8) is 0 Å². The molecule has 0 radical (unpaired) electrons. The standard InChI is InChI=1S/C12H17Cl2N/c1-15-11(13)8-10(12(15)14)7-9-5-3-2-4-6-9/h8-9H,2-7H2,1H3. The molecular formula is C12H17Cl2N. The van der Waals surface area contributed by atoms with E-state index in [-0.39, 0.29) is 0 Å². The van der Waals surface area contributed by atoms with Crippen LogP contribution in [-0.4, -0.2) is 4.57 Å². The Morgan fingerprint density at radius 1 is 1.27 bits per heavy atom. The van der Waals surface area contributed by atoms with Gasteiger partial charge in [0, 0.05) is 7.05 Å². The van der Waals surface area contributed by atoms with Crippen molar-refractivity contribution in [3.05, 3.63) is 21.9 Å². The Labute approximate surface area is 101 Å². The molecule has 0 N–H and O–H groups in total. The molecule has 3 heteroatoms. The molecule has 0 aliphatic heterocycles. The van der Waals surface area contributed by atoms with Gasteiger partial charge in [-0.05, 0) is 24.0 Å². The van der Waals surface area contributed by atoms with Gasteiger partial charge in [0.2, 0.25) is 0 Å². The van der Waals surface area contributed by atoms with Gasteiger partial charge in [-0.2, -0.15) is 0 Å². The van der Waals surface area contributed by atoms with Crippen molar-refractivity contribution in [1.29, 1.82) is 0 Å². The van der Waals surface area contributed by atoms with Gasteiger partial charge in [-0.1, -0.05) is 55.3 Å². The van der Waals surface area contributed by atoms with Crippen LogP contribution in [0.25, 0.3) is 0 Å². The van der Waals surface area contributed by atoms with Crippen molar-refractivity contribution < 1.29 is 0 Å². The maximum absolute atomic E-state index is 6.21. The fourth-order valence-corrected chi connectivity index (χ4v) is 2.94. The van der Waals surface area contributed by atoms with E-state index in [0.717, 1.165) is 22.6 Å². The molecule has 1 saturated carbocycles. The van der Waals surface area contributed by atoms with Gasteiger partial charge < -0.3 is 4.57 Å². The first kappa shape index (κ1) is 11.3. The Morgan fingerprint density at radius 2 is 1.93 bits per heavy atom. The van der Waals surface area contributed by atoms with Crippen LogP contribution in [0.2, 0.25) is 10.3 Å². The lowest BCUT2D eigenvalue weighted by Gasteiger charge is -2.21. The Balaban J connectivity index is 2.06. The van der Waals surface area contributed by atoms with Gasteiger partial charge in [-0.15, -0.1) is 0 Å². The maximum atomic E-state index is 6.21. The van der Waals surface area contributed by atoms with Gasteiger partial charge in [0.1, 0.15) is 10.3 Å². The zero-order valence-corrected chi connectivity index (χ0v) is 10.6. The van der Waals surface area contributed by atoms with E-state index in [4.69, 9.17) is 23.2 Å². The van der Waals surface area contributed by atoms with E-state index < -0.39 is 0 Å². The molecular weight excluding hydrogens is 229 g/mol. The number of hydrogen-bond donors (Lipinski definition) is 0. The van der Waals surface area contributed by atoms with Crippen molar-refractivity contribution in [2.24, 2.45) is 13.0 Å². The van der Waals surface area contributed by atoms with E-state index in [1.807, 2.05) is 17.7 Å². The first-order valence-electron chi connectivity index (χ1n) is 5.68. The molecule has 1 heterocycles. The molecule has 84 valence electrons. The largest absolute Gasteiger partial charge is 0.326 e. The van der Waals surface area contributed by atoms with Gasteiger partial charge in [0.25, 0.3) is 0 Å². The molecule has 0 amide bonds. The van der Waals surface area contributed by atoms with Crippen LogP contribution in [0, 0.1) is 5.92 Å². The molecule has 0 atom stereocenters. The van der Waals surface area contributed by atoms with Crippen LogP contribution in [0.4, 0.5) is 0 Å². The van der Waals surface area contributed by atoms with Crippen molar-refractivity contribution in [1.82, 2.24) is 4.57 Å².